The Morgan fingerprint density at radius 1 is 0.833 bits per heavy atom. The molecule has 0 atom stereocenters. The van der Waals surface area contributed by atoms with Crippen molar-refractivity contribution in [2.24, 2.45) is 4.99 Å². The van der Waals surface area contributed by atoms with Crippen LogP contribution in [0.3, 0.4) is 0 Å². The van der Waals surface area contributed by atoms with Crippen LogP contribution in [-0.4, -0.2) is 5.71 Å². The van der Waals surface area contributed by atoms with E-state index in [1.807, 2.05) is 0 Å². The molecule has 0 fully saturated rings. The third-order valence-electron chi connectivity index (χ3n) is 3.85. The van der Waals surface area contributed by atoms with Crippen molar-refractivity contribution < 1.29 is 0 Å². The van der Waals surface area contributed by atoms with E-state index < -0.39 is 0 Å². The number of hydrogen-bond donors (Lipinski definition) is 0. The van der Waals surface area contributed by atoms with Crippen LogP contribution in [0.2, 0.25) is 0 Å². The number of aryl methyl sites for hydroxylation is 1. The first-order valence-electron chi connectivity index (χ1n) is 6.26. The molecule has 0 unspecified atom stereocenters. The van der Waals surface area contributed by atoms with E-state index in [0.717, 1.165) is 11.4 Å². The molecule has 0 bridgehead atoms. The molecule has 18 heavy (non-hydrogen) atoms. The van der Waals surface area contributed by atoms with Crippen LogP contribution in [0.5, 0.6) is 0 Å². The Morgan fingerprint density at radius 3 is 2.56 bits per heavy atom. The first kappa shape index (κ1) is 9.84. The monoisotopic (exact) mass is 231 g/mol. The summed E-state index contributed by atoms with van der Waals surface area (Å²) in [5, 5.41) is 0. The highest BCUT2D eigenvalue weighted by Crippen LogP contribution is 2.46. The van der Waals surface area contributed by atoms with Gasteiger partial charge in [-0.25, -0.2) is 4.99 Å². The Balaban J connectivity index is 2.06. The minimum atomic E-state index is 1.11. The highest BCUT2D eigenvalue weighted by Gasteiger charge is 2.31. The van der Waals surface area contributed by atoms with Crippen molar-refractivity contribution >= 4 is 22.5 Å². The topological polar surface area (TPSA) is 12.4 Å². The molecule has 1 heterocycles. The van der Waals surface area contributed by atoms with Crippen molar-refractivity contribution in [1.29, 1.82) is 0 Å². The van der Waals surface area contributed by atoms with Gasteiger partial charge in [0.05, 0.1) is 11.4 Å². The summed E-state index contributed by atoms with van der Waals surface area (Å²) in [7, 11) is 0. The second-order valence-corrected chi connectivity index (χ2v) is 5.03. The van der Waals surface area contributed by atoms with Gasteiger partial charge >= 0.3 is 0 Å². The third kappa shape index (κ3) is 1.09. The Bertz CT molecular complexity index is 748. The highest BCUT2D eigenvalue weighted by molar-refractivity contribution is 6.45. The van der Waals surface area contributed by atoms with Gasteiger partial charge in [0, 0.05) is 16.7 Å². The van der Waals surface area contributed by atoms with Crippen molar-refractivity contribution in [3.8, 4) is 0 Å². The minimum absolute atomic E-state index is 1.11. The van der Waals surface area contributed by atoms with Crippen LogP contribution in [0.25, 0.3) is 11.1 Å². The van der Waals surface area contributed by atoms with E-state index in [4.69, 9.17) is 4.99 Å². The minimum Gasteiger partial charge on any atom is -0.247 e. The van der Waals surface area contributed by atoms with Crippen molar-refractivity contribution in [2.45, 2.75) is 13.8 Å². The molecule has 0 radical (unpaired) electrons. The van der Waals surface area contributed by atoms with Crippen molar-refractivity contribution in [2.75, 3.05) is 0 Å². The molecule has 1 heteroatoms. The lowest BCUT2D eigenvalue weighted by atomic mass is 10.0. The predicted molar refractivity (Wildman–Crippen MR) is 76.3 cm³/mol. The fourth-order valence-corrected chi connectivity index (χ4v) is 2.98. The molecule has 1 aliphatic heterocycles. The Labute approximate surface area is 107 Å². The number of rotatable bonds is 0. The summed E-state index contributed by atoms with van der Waals surface area (Å²) in [6, 6.07) is 15.0. The zero-order valence-corrected chi connectivity index (χ0v) is 10.5. The summed E-state index contributed by atoms with van der Waals surface area (Å²) in [5.41, 5.74) is 10.1. The van der Waals surface area contributed by atoms with Crippen LogP contribution in [-0.2, 0) is 0 Å². The van der Waals surface area contributed by atoms with Crippen LogP contribution in [0, 0.1) is 6.92 Å². The number of para-hydroxylation sites is 1. The lowest BCUT2D eigenvalue weighted by Crippen LogP contribution is -1.95. The zero-order chi connectivity index (χ0) is 12.3. The average molecular weight is 231 g/mol. The van der Waals surface area contributed by atoms with Crippen LogP contribution in [0.4, 0.5) is 5.69 Å². The molecule has 0 N–H and O–H groups in total. The van der Waals surface area contributed by atoms with Crippen molar-refractivity contribution in [1.82, 2.24) is 0 Å². The number of hydrogen-bond acceptors (Lipinski definition) is 1. The Morgan fingerprint density at radius 2 is 1.67 bits per heavy atom. The molecule has 0 saturated heterocycles. The van der Waals surface area contributed by atoms with E-state index >= 15 is 0 Å². The number of benzene rings is 2. The van der Waals surface area contributed by atoms with E-state index in [1.165, 1.54) is 33.4 Å². The van der Waals surface area contributed by atoms with Gasteiger partial charge in [0.1, 0.15) is 0 Å². The summed E-state index contributed by atoms with van der Waals surface area (Å²) in [5.74, 6) is 0. The molecule has 1 nitrogen and oxygen atoms in total. The first-order chi connectivity index (χ1) is 8.75. The smallest absolute Gasteiger partial charge is 0.0797 e. The van der Waals surface area contributed by atoms with Gasteiger partial charge in [0.2, 0.25) is 0 Å². The number of nitrogens with zero attached hydrogens (tertiary/aromatic N) is 1. The van der Waals surface area contributed by atoms with Gasteiger partial charge < -0.3 is 0 Å². The maximum Gasteiger partial charge on any atom is 0.0797 e. The quantitative estimate of drug-likeness (QED) is 0.638. The van der Waals surface area contributed by atoms with Crippen molar-refractivity contribution in [3.63, 3.8) is 0 Å². The molecule has 2 aromatic rings. The lowest BCUT2D eigenvalue weighted by Gasteiger charge is -2.03. The highest BCUT2D eigenvalue weighted by atomic mass is 14.8. The van der Waals surface area contributed by atoms with Crippen LogP contribution in [0.15, 0.2) is 47.5 Å². The Kier molecular flexibility index (Phi) is 1.75. The average Bonchev–Trinajstić information content (AvgIpc) is 2.87. The predicted octanol–water partition coefficient (Wildman–Crippen LogP) is 4.37. The summed E-state index contributed by atoms with van der Waals surface area (Å²) in [6.07, 6.45) is 0. The van der Waals surface area contributed by atoms with E-state index in [0.29, 0.717) is 0 Å². The molecule has 86 valence electrons. The van der Waals surface area contributed by atoms with Gasteiger partial charge in [-0.1, -0.05) is 35.9 Å². The maximum absolute atomic E-state index is 4.81. The number of allylic oxidation sites excluding steroid dienone is 2. The second kappa shape index (κ2) is 3.20. The zero-order valence-electron chi connectivity index (χ0n) is 10.5. The molecule has 0 aromatic heterocycles. The van der Waals surface area contributed by atoms with Gasteiger partial charge in [0.25, 0.3) is 0 Å². The maximum atomic E-state index is 4.81. The first-order valence-corrected chi connectivity index (χ1v) is 6.26. The Hall–Kier alpha value is -2.15. The fourth-order valence-electron chi connectivity index (χ4n) is 2.98. The van der Waals surface area contributed by atoms with E-state index in [2.05, 4.69) is 56.3 Å². The molecule has 0 saturated carbocycles. The van der Waals surface area contributed by atoms with Gasteiger partial charge in [-0.05, 0) is 37.1 Å². The van der Waals surface area contributed by atoms with E-state index in [1.54, 1.807) is 0 Å². The van der Waals surface area contributed by atoms with Gasteiger partial charge in [-0.2, -0.15) is 0 Å². The fraction of sp³-hybridized carbons (Fsp3) is 0.118. The van der Waals surface area contributed by atoms with Crippen molar-refractivity contribution in [3.05, 3.63) is 64.7 Å². The third-order valence-corrected chi connectivity index (χ3v) is 3.85. The van der Waals surface area contributed by atoms with Crippen LogP contribution < -0.4 is 0 Å². The summed E-state index contributed by atoms with van der Waals surface area (Å²) in [4.78, 5) is 4.81. The molecule has 2 aromatic carbocycles. The summed E-state index contributed by atoms with van der Waals surface area (Å²) in [6.45, 7) is 4.34. The molecule has 0 amide bonds. The molecular formula is C17H13N. The normalized spacial score (nSPS) is 15.3. The standard InChI is InChI=1S/C17H13N/c1-10-7-8-12-11(2)16-13-5-3-4-6-15(13)18-17(16)14(12)9-10/h3-9H,1-2H3. The molecule has 1 aliphatic carbocycles. The molecule has 0 spiro atoms. The second-order valence-electron chi connectivity index (χ2n) is 5.03. The number of aliphatic imine (C=N–C) groups is 1. The van der Waals surface area contributed by atoms with Gasteiger partial charge in [-0.15, -0.1) is 0 Å². The largest absolute Gasteiger partial charge is 0.247 e. The van der Waals surface area contributed by atoms with Gasteiger partial charge in [0.15, 0.2) is 0 Å². The SMILES string of the molecule is CC1=C2C(=Nc3ccccc32)c2cc(C)ccc21. The number of fused-ring (bicyclic) bond motifs is 5. The van der Waals surface area contributed by atoms with Crippen LogP contribution in [0.1, 0.15) is 29.2 Å². The summed E-state index contributed by atoms with van der Waals surface area (Å²) >= 11 is 0. The van der Waals surface area contributed by atoms with Crippen LogP contribution >= 0.6 is 0 Å². The molecule has 2 aliphatic rings. The van der Waals surface area contributed by atoms with E-state index in [-0.39, 0.29) is 0 Å². The molecule has 4 rings (SSSR count). The van der Waals surface area contributed by atoms with E-state index in [9.17, 15) is 0 Å². The lowest BCUT2D eigenvalue weighted by molar-refractivity contribution is 1.43. The van der Waals surface area contributed by atoms with Gasteiger partial charge in [-0.3, -0.25) is 0 Å². The summed E-state index contributed by atoms with van der Waals surface area (Å²) < 4.78 is 0. The molecular weight excluding hydrogens is 218 g/mol.